The number of ether oxygens (including phenoxy) is 1. The first kappa shape index (κ1) is 39.8. The van der Waals surface area contributed by atoms with Gasteiger partial charge in [-0.25, -0.2) is 4.79 Å². The molecule has 4 aliphatic rings. The molecule has 1 saturated heterocycles. The van der Waals surface area contributed by atoms with E-state index < -0.39 is 53.8 Å². The van der Waals surface area contributed by atoms with Gasteiger partial charge in [-0.3, -0.25) is 24.0 Å². The number of Topliss-reactive ketones (excluding diaryl/α,β-unsaturated/α-hetero) is 1. The Morgan fingerprint density at radius 3 is 2.10 bits per heavy atom. The summed E-state index contributed by atoms with van der Waals surface area (Å²) in [5.74, 6) is -2.48. The lowest BCUT2D eigenvalue weighted by Crippen LogP contribution is -2.60. The molecule has 0 radical (unpaired) electrons. The van der Waals surface area contributed by atoms with Crippen LogP contribution < -0.4 is 21.7 Å². The average molecular weight is 710 g/mol. The molecule has 5 amide bonds. The summed E-state index contributed by atoms with van der Waals surface area (Å²) in [6.07, 6.45) is 7.09. The number of hydrogen-bond acceptors (Lipinski definition) is 7. The van der Waals surface area contributed by atoms with Crippen LogP contribution in [0.15, 0.2) is 30.3 Å². The maximum Gasteiger partial charge on any atom is 0.326 e. The van der Waals surface area contributed by atoms with Gasteiger partial charge in [0.05, 0.1) is 6.04 Å². The van der Waals surface area contributed by atoms with Crippen LogP contribution in [0.2, 0.25) is 0 Å². The fourth-order valence-electron chi connectivity index (χ4n) is 7.94. The molecule has 0 aromatic heterocycles. The number of piperidine rings is 1. The summed E-state index contributed by atoms with van der Waals surface area (Å²) in [6, 6.07) is 5.80. The van der Waals surface area contributed by atoms with Crippen LogP contribution in [0.25, 0.3) is 0 Å². The first-order valence-electron chi connectivity index (χ1n) is 18.8. The molecule has 0 spiro atoms. The van der Waals surface area contributed by atoms with Gasteiger partial charge in [-0.15, -0.1) is 0 Å². The molecule has 1 aliphatic heterocycles. The number of fused-ring (bicyclic) bond motifs is 1. The van der Waals surface area contributed by atoms with E-state index in [9.17, 15) is 28.8 Å². The summed E-state index contributed by atoms with van der Waals surface area (Å²) >= 11 is 0. The van der Waals surface area contributed by atoms with Crippen molar-refractivity contribution < 1.29 is 33.5 Å². The van der Waals surface area contributed by atoms with Crippen LogP contribution in [0.5, 0.6) is 0 Å². The van der Waals surface area contributed by atoms with Crippen molar-refractivity contribution in [3.05, 3.63) is 35.9 Å². The van der Waals surface area contributed by atoms with Gasteiger partial charge in [-0.1, -0.05) is 103 Å². The summed E-state index contributed by atoms with van der Waals surface area (Å²) in [4.78, 5) is 80.0. The molecule has 4 fully saturated rings. The lowest BCUT2D eigenvalue weighted by Gasteiger charge is -2.37. The van der Waals surface area contributed by atoms with Crippen molar-refractivity contribution >= 4 is 35.5 Å². The normalized spacial score (nSPS) is 24.0. The predicted octanol–water partition coefficient (Wildman–Crippen LogP) is 4.41. The molecule has 12 heteroatoms. The minimum atomic E-state index is -1.09. The van der Waals surface area contributed by atoms with Crippen LogP contribution >= 0.6 is 0 Å². The third-order valence-corrected chi connectivity index (χ3v) is 11.1. The second-order valence-electron chi connectivity index (χ2n) is 16.2. The monoisotopic (exact) mass is 709 g/mol. The van der Waals surface area contributed by atoms with Gasteiger partial charge in [0.25, 0.3) is 5.91 Å². The zero-order valence-corrected chi connectivity index (χ0v) is 31.2. The largest absolute Gasteiger partial charge is 0.456 e. The Hall–Kier alpha value is -3.96. The Balaban J connectivity index is 0.00000138. The molecule has 1 aromatic carbocycles. The highest BCUT2D eigenvalue weighted by atomic mass is 16.5. The zero-order valence-electron chi connectivity index (χ0n) is 31.2. The van der Waals surface area contributed by atoms with E-state index in [0.717, 1.165) is 62.8 Å². The van der Waals surface area contributed by atoms with Crippen molar-refractivity contribution in [2.45, 2.75) is 124 Å². The number of nitrogens with zero attached hydrogens (tertiary/aromatic N) is 1. The molecule has 1 heterocycles. The topological polar surface area (TPSA) is 177 Å². The SMILES string of the molecule is CC(C)C.CC(OC(=O)CNC(=O)NC(C(=O)N1C[C@H]2C([C@H]1C(=O)NC(CC1CCC1)C(=O)C(N)=O)C2(C)C)C1CCCCC1)c1ccccc1. The third kappa shape index (κ3) is 10.3. The minimum Gasteiger partial charge on any atom is -0.456 e. The number of hydrogen-bond donors (Lipinski definition) is 4. The number of nitrogens with two attached hydrogens (primary N) is 1. The van der Waals surface area contributed by atoms with Gasteiger partial charge < -0.3 is 31.3 Å². The molecule has 282 valence electrons. The van der Waals surface area contributed by atoms with E-state index in [-0.39, 0.29) is 41.5 Å². The number of urea groups is 1. The van der Waals surface area contributed by atoms with Crippen LogP contribution in [0.3, 0.4) is 0 Å². The Morgan fingerprint density at radius 1 is 0.902 bits per heavy atom. The van der Waals surface area contributed by atoms with Crippen molar-refractivity contribution in [1.29, 1.82) is 0 Å². The van der Waals surface area contributed by atoms with Crippen LogP contribution in [-0.2, 0) is 28.7 Å². The molecule has 4 unspecified atom stereocenters. The number of carbonyl (C=O) groups excluding carboxylic acids is 6. The lowest BCUT2D eigenvalue weighted by atomic mass is 9.80. The molecule has 5 N–H and O–H groups in total. The van der Waals surface area contributed by atoms with Gasteiger partial charge in [0.1, 0.15) is 24.7 Å². The number of likely N-dealkylation sites (tertiary alicyclic amines) is 1. The predicted molar refractivity (Wildman–Crippen MR) is 193 cm³/mol. The van der Waals surface area contributed by atoms with Crippen LogP contribution in [0.1, 0.15) is 111 Å². The van der Waals surface area contributed by atoms with Crippen LogP contribution in [-0.4, -0.2) is 71.6 Å². The van der Waals surface area contributed by atoms with Crippen LogP contribution in [0.4, 0.5) is 4.79 Å². The third-order valence-electron chi connectivity index (χ3n) is 11.1. The molecular weight excluding hydrogens is 650 g/mol. The van der Waals surface area contributed by atoms with E-state index in [4.69, 9.17) is 10.5 Å². The zero-order chi connectivity index (χ0) is 37.5. The molecule has 3 aliphatic carbocycles. The summed E-state index contributed by atoms with van der Waals surface area (Å²) in [6.45, 7) is 12.3. The standard InChI is InChI=1S/C35H49N5O7.C4H10/c1-20(22-13-6-4-7-14-22)47-26(41)18-37-34(46)39-28(23-15-8-5-9-16-23)33(45)40-19-24-27(35(24,2)3)29(40)32(44)38-25(30(42)31(36)43)17-21-11-10-12-21;1-4(2)3/h4,6-7,13-14,20-21,23-25,27-29H,5,8-12,15-19H2,1-3H3,(H2,36,43)(H,38,44)(H2,37,39,46);4H,1-3H3/t20?,24-,25?,27?,28?,29-;/m0./s1. The van der Waals surface area contributed by atoms with Gasteiger partial charge in [-0.05, 0) is 66.8 Å². The van der Waals surface area contributed by atoms with Gasteiger partial charge >= 0.3 is 12.0 Å². The number of nitrogens with one attached hydrogen (secondary N) is 3. The van der Waals surface area contributed by atoms with Crippen molar-refractivity contribution in [2.24, 2.45) is 40.7 Å². The van der Waals surface area contributed by atoms with Crippen molar-refractivity contribution in [3.63, 3.8) is 0 Å². The molecule has 51 heavy (non-hydrogen) atoms. The summed E-state index contributed by atoms with van der Waals surface area (Å²) < 4.78 is 5.46. The summed E-state index contributed by atoms with van der Waals surface area (Å²) in [5, 5.41) is 8.18. The van der Waals surface area contributed by atoms with Gasteiger partial charge in [0.2, 0.25) is 17.6 Å². The number of benzene rings is 1. The van der Waals surface area contributed by atoms with E-state index in [2.05, 4.69) is 50.6 Å². The lowest BCUT2D eigenvalue weighted by molar-refractivity contribution is -0.147. The van der Waals surface area contributed by atoms with E-state index in [1.165, 1.54) is 0 Å². The number of esters is 1. The molecular formula is C39H59N5O7. The van der Waals surface area contributed by atoms with Crippen molar-refractivity contribution in [2.75, 3.05) is 13.1 Å². The quantitative estimate of drug-likeness (QED) is 0.173. The fraction of sp³-hybridized carbons (Fsp3) is 0.692. The highest BCUT2D eigenvalue weighted by Crippen LogP contribution is 2.65. The number of rotatable bonds is 13. The van der Waals surface area contributed by atoms with E-state index in [1.54, 1.807) is 11.8 Å². The first-order chi connectivity index (χ1) is 24.1. The van der Waals surface area contributed by atoms with Crippen molar-refractivity contribution in [3.8, 4) is 0 Å². The number of carbonyl (C=O) groups is 6. The molecule has 0 bridgehead atoms. The molecule has 5 rings (SSSR count). The van der Waals surface area contributed by atoms with Crippen LogP contribution in [0, 0.1) is 35.0 Å². The average Bonchev–Trinajstić information content (AvgIpc) is 3.37. The summed E-state index contributed by atoms with van der Waals surface area (Å²) in [7, 11) is 0. The van der Waals surface area contributed by atoms with E-state index in [1.807, 2.05) is 30.3 Å². The minimum absolute atomic E-state index is 0.0846. The van der Waals surface area contributed by atoms with E-state index in [0.29, 0.717) is 13.0 Å². The first-order valence-corrected chi connectivity index (χ1v) is 18.8. The van der Waals surface area contributed by atoms with Gasteiger partial charge in [0, 0.05) is 6.54 Å². The van der Waals surface area contributed by atoms with E-state index >= 15 is 0 Å². The Labute approximate surface area is 302 Å². The highest BCUT2D eigenvalue weighted by molar-refractivity contribution is 6.37. The second-order valence-corrected chi connectivity index (χ2v) is 16.2. The Kier molecular flexibility index (Phi) is 13.7. The summed E-state index contributed by atoms with van der Waals surface area (Å²) in [5.41, 5.74) is 5.98. The Bertz CT molecular complexity index is 1400. The molecule has 6 atom stereocenters. The second kappa shape index (κ2) is 17.5. The number of ketones is 1. The maximum atomic E-state index is 14.3. The van der Waals surface area contributed by atoms with Gasteiger partial charge in [0.15, 0.2) is 0 Å². The number of amides is 5. The Morgan fingerprint density at radius 2 is 1.53 bits per heavy atom. The maximum absolute atomic E-state index is 14.3. The fourth-order valence-corrected chi connectivity index (χ4v) is 7.94. The molecule has 12 nitrogen and oxygen atoms in total. The van der Waals surface area contributed by atoms with Gasteiger partial charge in [-0.2, -0.15) is 0 Å². The highest BCUT2D eigenvalue weighted by Gasteiger charge is 2.69. The number of primary amides is 1. The smallest absolute Gasteiger partial charge is 0.326 e. The molecule has 1 aromatic rings. The van der Waals surface area contributed by atoms with Crippen molar-refractivity contribution in [1.82, 2.24) is 20.9 Å². The molecule has 3 saturated carbocycles.